The summed E-state index contributed by atoms with van der Waals surface area (Å²) in [5.41, 5.74) is 9.97. The van der Waals surface area contributed by atoms with Crippen molar-refractivity contribution in [1.82, 2.24) is 9.97 Å². The number of hydrogen-bond acceptors (Lipinski definition) is 5. The van der Waals surface area contributed by atoms with Crippen molar-refractivity contribution < 1.29 is 9.23 Å². The van der Waals surface area contributed by atoms with Crippen LogP contribution in [-0.4, -0.2) is 22.8 Å². The molecule has 114 valence electrons. The molecule has 1 aliphatic carbocycles. The van der Waals surface area contributed by atoms with Crippen molar-refractivity contribution in [2.75, 3.05) is 12.8 Å². The number of aryl methyl sites for hydroxylation is 1. The highest BCUT2D eigenvalue weighted by molar-refractivity contribution is 6.03. The fourth-order valence-electron chi connectivity index (χ4n) is 3.01. The maximum absolute atomic E-state index is 13.5. The number of halogens is 1. The summed E-state index contributed by atoms with van der Waals surface area (Å²) in [4.78, 5) is 13.5. The van der Waals surface area contributed by atoms with Gasteiger partial charge in [0, 0.05) is 12.0 Å². The summed E-state index contributed by atoms with van der Waals surface area (Å²) >= 11 is 0. The highest BCUT2D eigenvalue weighted by Crippen LogP contribution is 2.33. The van der Waals surface area contributed by atoms with Gasteiger partial charge in [0.1, 0.15) is 12.9 Å². The number of nitrogens with zero attached hydrogens (tertiary/aromatic N) is 3. The van der Waals surface area contributed by atoms with Crippen LogP contribution in [0.1, 0.15) is 34.9 Å². The van der Waals surface area contributed by atoms with E-state index in [4.69, 9.17) is 10.6 Å². The number of nitrogens with two attached hydrogens (primary N) is 1. The number of aromatic nitrogens is 2. The van der Waals surface area contributed by atoms with Gasteiger partial charge < -0.3 is 10.6 Å². The lowest BCUT2D eigenvalue weighted by Crippen LogP contribution is -2.24. The minimum atomic E-state index is -0.244. The van der Waals surface area contributed by atoms with E-state index < -0.39 is 0 Å². The zero-order chi connectivity index (χ0) is 15.7. The Morgan fingerprint density at radius 3 is 2.86 bits per heavy atom. The number of oxime groups is 1. The van der Waals surface area contributed by atoms with E-state index in [0.717, 1.165) is 28.2 Å². The van der Waals surface area contributed by atoms with Gasteiger partial charge in [0.2, 0.25) is 5.95 Å². The Hall–Kier alpha value is -2.50. The van der Waals surface area contributed by atoms with E-state index in [1.165, 1.54) is 13.2 Å². The molecule has 3 rings (SSSR count). The van der Waals surface area contributed by atoms with E-state index >= 15 is 0 Å². The van der Waals surface area contributed by atoms with Gasteiger partial charge in [-0.05, 0) is 37.0 Å². The Morgan fingerprint density at radius 1 is 1.32 bits per heavy atom. The molecule has 0 radical (unpaired) electrons. The molecule has 0 saturated heterocycles. The van der Waals surface area contributed by atoms with Crippen molar-refractivity contribution in [3.05, 3.63) is 52.6 Å². The molecule has 0 saturated carbocycles. The number of hydrogen-bond donors (Lipinski definition) is 1. The van der Waals surface area contributed by atoms with Crippen LogP contribution in [0.25, 0.3) is 0 Å². The van der Waals surface area contributed by atoms with Crippen LogP contribution in [0.15, 0.2) is 29.4 Å². The van der Waals surface area contributed by atoms with Crippen molar-refractivity contribution in [2.24, 2.45) is 5.16 Å². The largest absolute Gasteiger partial charge is 0.399 e. The average Bonchev–Trinajstić information content (AvgIpc) is 2.46. The standard InChI is InChI=1S/C16H17FN4O/c1-9-15-13(20-16(18)19-9)7-11(8-14(15)21-22-2)10-4-3-5-12(17)6-10/h3-6,11H,7-8H2,1-2H3,(H2,18,19,20). The smallest absolute Gasteiger partial charge is 0.220 e. The molecule has 6 heteroatoms. The van der Waals surface area contributed by atoms with Gasteiger partial charge in [0.05, 0.1) is 17.1 Å². The number of rotatable bonds is 2. The van der Waals surface area contributed by atoms with E-state index in [1.54, 1.807) is 12.1 Å². The molecule has 0 amide bonds. The summed E-state index contributed by atoms with van der Waals surface area (Å²) in [5.74, 6) is 0.0885. The molecule has 1 aromatic carbocycles. The molecule has 1 aliphatic rings. The molecule has 1 unspecified atom stereocenters. The predicted molar refractivity (Wildman–Crippen MR) is 82.2 cm³/mol. The highest BCUT2D eigenvalue weighted by atomic mass is 19.1. The van der Waals surface area contributed by atoms with Gasteiger partial charge in [-0.15, -0.1) is 0 Å². The van der Waals surface area contributed by atoms with Crippen LogP contribution in [0.4, 0.5) is 10.3 Å². The number of fused-ring (bicyclic) bond motifs is 1. The van der Waals surface area contributed by atoms with Crippen molar-refractivity contribution in [3.8, 4) is 0 Å². The van der Waals surface area contributed by atoms with Crippen LogP contribution < -0.4 is 5.73 Å². The number of nitrogen functional groups attached to an aromatic ring is 1. The summed E-state index contributed by atoms with van der Waals surface area (Å²) in [6.07, 6.45) is 1.33. The van der Waals surface area contributed by atoms with Crippen molar-refractivity contribution >= 4 is 11.7 Å². The maximum Gasteiger partial charge on any atom is 0.220 e. The lowest BCUT2D eigenvalue weighted by Gasteiger charge is -2.26. The molecule has 0 bridgehead atoms. The van der Waals surface area contributed by atoms with E-state index in [0.29, 0.717) is 12.8 Å². The minimum absolute atomic E-state index is 0.0887. The Kier molecular flexibility index (Phi) is 3.75. The third-order valence-electron chi connectivity index (χ3n) is 3.87. The molecule has 5 nitrogen and oxygen atoms in total. The minimum Gasteiger partial charge on any atom is -0.399 e. The van der Waals surface area contributed by atoms with E-state index in [2.05, 4.69) is 15.1 Å². The van der Waals surface area contributed by atoms with Crippen molar-refractivity contribution in [1.29, 1.82) is 0 Å². The summed E-state index contributed by atoms with van der Waals surface area (Å²) in [7, 11) is 1.51. The van der Waals surface area contributed by atoms with Gasteiger partial charge in [-0.2, -0.15) is 0 Å². The summed E-state index contributed by atoms with van der Waals surface area (Å²) in [6, 6.07) is 6.62. The first kappa shape index (κ1) is 14.4. The third kappa shape index (κ3) is 2.64. The summed E-state index contributed by atoms with van der Waals surface area (Å²) in [5, 5.41) is 4.12. The molecule has 0 aliphatic heterocycles. The average molecular weight is 300 g/mol. The summed E-state index contributed by atoms with van der Waals surface area (Å²) in [6.45, 7) is 1.88. The Morgan fingerprint density at radius 2 is 2.14 bits per heavy atom. The molecule has 2 aromatic rings. The molecule has 1 atom stereocenters. The van der Waals surface area contributed by atoms with Gasteiger partial charge in [-0.25, -0.2) is 14.4 Å². The van der Waals surface area contributed by atoms with Crippen LogP contribution in [0.5, 0.6) is 0 Å². The molecule has 1 heterocycles. The third-order valence-corrected chi connectivity index (χ3v) is 3.87. The Balaban J connectivity index is 2.07. The van der Waals surface area contributed by atoms with Crippen LogP contribution in [0.3, 0.4) is 0 Å². The second-order valence-corrected chi connectivity index (χ2v) is 5.37. The first-order valence-electron chi connectivity index (χ1n) is 7.07. The number of anilines is 1. The van der Waals surface area contributed by atoms with Crippen LogP contribution in [-0.2, 0) is 11.3 Å². The monoisotopic (exact) mass is 300 g/mol. The molecule has 22 heavy (non-hydrogen) atoms. The van der Waals surface area contributed by atoms with Crippen LogP contribution in [0.2, 0.25) is 0 Å². The number of benzene rings is 1. The zero-order valence-electron chi connectivity index (χ0n) is 12.5. The van der Waals surface area contributed by atoms with Gasteiger partial charge in [0.15, 0.2) is 0 Å². The van der Waals surface area contributed by atoms with Crippen molar-refractivity contribution in [2.45, 2.75) is 25.7 Å². The van der Waals surface area contributed by atoms with Gasteiger partial charge in [0.25, 0.3) is 0 Å². The SMILES string of the molecule is CON=C1CC(c2cccc(F)c2)Cc2nc(N)nc(C)c21. The van der Waals surface area contributed by atoms with E-state index in [1.807, 2.05) is 13.0 Å². The topological polar surface area (TPSA) is 73.4 Å². The van der Waals surface area contributed by atoms with Gasteiger partial charge in [-0.1, -0.05) is 17.3 Å². The second-order valence-electron chi connectivity index (χ2n) is 5.37. The van der Waals surface area contributed by atoms with Crippen LogP contribution >= 0.6 is 0 Å². The molecule has 0 spiro atoms. The molecular weight excluding hydrogens is 283 g/mol. The Labute approximate surface area is 128 Å². The lowest BCUT2D eigenvalue weighted by molar-refractivity contribution is 0.212. The molecule has 2 N–H and O–H groups in total. The fourth-order valence-corrected chi connectivity index (χ4v) is 3.01. The van der Waals surface area contributed by atoms with Gasteiger partial charge >= 0.3 is 0 Å². The Bertz CT molecular complexity index is 745. The van der Waals surface area contributed by atoms with Crippen LogP contribution in [0, 0.1) is 12.7 Å². The van der Waals surface area contributed by atoms with Gasteiger partial charge in [-0.3, -0.25) is 0 Å². The van der Waals surface area contributed by atoms with E-state index in [-0.39, 0.29) is 17.7 Å². The molecular formula is C16H17FN4O. The maximum atomic E-state index is 13.5. The van der Waals surface area contributed by atoms with Crippen molar-refractivity contribution in [3.63, 3.8) is 0 Å². The predicted octanol–water partition coefficient (Wildman–Crippen LogP) is 2.59. The first-order chi connectivity index (χ1) is 10.6. The summed E-state index contributed by atoms with van der Waals surface area (Å²) < 4.78 is 13.5. The second kappa shape index (κ2) is 5.71. The normalized spacial score (nSPS) is 19.0. The lowest BCUT2D eigenvalue weighted by atomic mass is 9.81. The first-order valence-corrected chi connectivity index (χ1v) is 7.07. The molecule has 0 fully saturated rings. The van der Waals surface area contributed by atoms with E-state index in [9.17, 15) is 4.39 Å². The fraction of sp³-hybridized carbons (Fsp3) is 0.312. The zero-order valence-corrected chi connectivity index (χ0v) is 12.5. The molecule has 1 aromatic heterocycles. The quantitative estimate of drug-likeness (QED) is 0.865. The highest BCUT2D eigenvalue weighted by Gasteiger charge is 2.29.